The third kappa shape index (κ3) is 4.98. The number of hydrogen-bond acceptors (Lipinski definition) is 6. The van der Waals surface area contributed by atoms with E-state index in [-0.39, 0.29) is 22.4 Å². The van der Waals surface area contributed by atoms with Crippen molar-refractivity contribution >= 4 is 21.0 Å². The monoisotopic (exact) mass is 336 g/mol. The number of alkyl halides is 3. The van der Waals surface area contributed by atoms with Gasteiger partial charge in [0, 0.05) is 17.0 Å². The first-order valence-electron chi connectivity index (χ1n) is 4.62. The van der Waals surface area contributed by atoms with Gasteiger partial charge in [-0.25, -0.2) is 8.42 Å². The summed E-state index contributed by atoms with van der Waals surface area (Å²) >= 11 is 0. The maximum absolute atomic E-state index is 10.7. The van der Waals surface area contributed by atoms with Crippen LogP contribution in [0.3, 0.4) is 0 Å². The average Bonchev–Trinajstić information content (AvgIpc) is 2.23. The molecule has 6 nitrogen and oxygen atoms in total. The minimum absolute atomic E-state index is 0.130. The zero-order valence-corrected chi connectivity index (χ0v) is 11.8. The van der Waals surface area contributed by atoms with Crippen LogP contribution in [0.1, 0.15) is 0 Å². The van der Waals surface area contributed by atoms with Gasteiger partial charge >= 0.3 is 5.51 Å². The smallest absolute Gasteiger partial charge is 0.485 e. The van der Waals surface area contributed by atoms with Crippen LogP contribution in [0.15, 0.2) is 17.0 Å². The van der Waals surface area contributed by atoms with Crippen LogP contribution < -0.4 is 0 Å². The number of phenolic OH excluding ortho intramolecular Hbond substituents is 3. The lowest BCUT2D eigenvalue weighted by atomic mass is 10.3. The maximum atomic E-state index is 10.7. The highest BCUT2D eigenvalue weighted by atomic mass is 32.2. The number of benzene rings is 1. The molecule has 0 spiro atoms. The Morgan fingerprint density at radius 2 is 1.50 bits per heavy atom. The first-order chi connectivity index (χ1) is 8.79. The van der Waals surface area contributed by atoms with Gasteiger partial charge in [0.15, 0.2) is 20.8 Å². The molecular formula is C9H11F3O6S2. The van der Waals surface area contributed by atoms with E-state index in [1.54, 1.807) is 6.07 Å². The van der Waals surface area contributed by atoms with Crippen molar-refractivity contribution < 1.29 is 41.5 Å². The highest BCUT2D eigenvalue weighted by Gasteiger charge is 2.36. The van der Waals surface area contributed by atoms with E-state index in [9.17, 15) is 18.3 Å². The van der Waals surface area contributed by atoms with Crippen molar-refractivity contribution in [2.24, 2.45) is 0 Å². The first kappa shape index (κ1) is 18.7. The highest BCUT2D eigenvalue weighted by molar-refractivity contribution is 7.95. The van der Waals surface area contributed by atoms with Crippen molar-refractivity contribution in [3.05, 3.63) is 12.1 Å². The van der Waals surface area contributed by atoms with Crippen molar-refractivity contribution in [3.8, 4) is 17.2 Å². The number of hydrogen-bond donors (Lipinski definition) is 3. The lowest BCUT2D eigenvalue weighted by molar-refractivity contribution is -0.0517. The topological polar surface area (TPSA) is 118 Å². The molecule has 116 valence electrons. The van der Waals surface area contributed by atoms with Gasteiger partial charge in [-0.3, -0.25) is 0 Å². The molecule has 1 aromatic carbocycles. The van der Waals surface area contributed by atoms with Crippen molar-refractivity contribution in [2.75, 3.05) is 12.5 Å². The number of rotatable bonds is 1. The van der Waals surface area contributed by atoms with Crippen LogP contribution in [0.4, 0.5) is 13.2 Å². The molecule has 3 N–H and O–H groups in total. The molecule has 0 aromatic heterocycles. The Labute approximate surface area is 115 Å². The van der Waals surface area contributed by atoms with Crippen molar-refractivity contribution in [2.45, 2.75) is 10.4 Å². The Morgan fingerprint density at radius 1 is 1.10 bits per heavy atom. The fraction of sp³-hybridized carbons (Fsp3) is 0.333. The Balaban J connectivity index is 0.000000396. The van der Waals surface area contributed by atoms with Crippen LogP contribution in [0, 0.1) is 0 Å². The summed E-state index contributed by atoms with van der Waals surface area (Å²) in [5.41, 5.74) is -5.65. The summed E-state index contributed by atoms with van der Waals surface area (Å²) in [6.07, 6.45) is 3.84. The average molecular weight is 336 g/mol. The third-order valence-electron chi connectivity index (χ3n) is 1.82. The van der Waals surface area contributed by atoms with E-state index >= 15 is 0 Å². The Bertz CT molecular complexity index is 568. The second-order valence-electron chi connectivity index (χ2n) is 3.50. The summed E-state index contributed by atoms with van der Waals surface area (Å²) in [5, 5.41) is 27.5. The van der Waals surface area contributed by atoms with Gasteiger partial charge in [-0.05, 0) is 6.07 Å². The maximum Gasteiger partial charge on any atom is 0.485 e. The Kier molecular flexibility index (Phi) is 5.99. The van der Waals surface area contributed by atoms with E-state index in [1.807, 2.05) is 12.5 Å². The summed E-state index contributed by atoms with van der Waals surface area (Å²) in [5.74, 6) is -0.946. The van der Waals surface area contributed by atoms with Crippen LogP contribution >= 0.6 is 0 Å². The molecule has 0 bridgehead atoms. The molecule has 0 aliphatic heterocycles. The Morgan fingerprint density at radius 3 is 1.80 bits per heavy atom. The molecule has 20 heavy (non-hydrogen) atoms. The minimum atomic E-state index is -6.09. The van der Waals surface area contributed by atoms with Crippen LogP contribution in [0.5, 0.6) is 17.2 Å². The molecule has 11 heteroatoms. The summed E-state index contributed by atoms with van der Waals surface area (Å²) < 4.78 is 58.9. The normalized spacial score (nSPS) is 11.9. The molecule has 1 aromatic rings. The third-order valence-corrected chi connectivity index (χ3v) is 3.59. The zero-order valence-electron chi connectivity index (χ0n) is 10.2. The molecule has 0 fully saturated rings. The van der Waals surface area contributed by atoms with E-state index in [0.717, 1.165) is 0 Å². The molecular weight excluding hydrogens is 325 g/mol. The highest BCUT2D eigenvalue weighted by Crippen LogP contribution is 2.39. The fourth-order valence-corrected chi connectivity index (χ4v) is 1.70. The molecule has 0 saturated carbocycles. The van der Waals surface area contributed by atoms with E-state index in [1.165, 1.54) is 6.07 Å². The molecule has 1 rings (SSSR count). The van der Waals surface area contributed by atoms with Gasteiger partial charge in [-0.15, -0.1) is 0 Å². The molecule has 0 saturated heterocycles. The van der Waals surface area contributed by atoms with Crippen LogP contribution in [0.25, 0.3) is 0 Å². The summed E-state index contributed by atoms with van der Waals surface area (Å²) in [6, 6.07) is 2.98. The molecule has 0 amide bonds. The van der Waals surface area contributed by atoms with E-state index in [4.69, 9.17) is 23.2 Å². The predicted octanol–water partition coefficient (Wildman–Crippen LogP) is 1.09. The Hall–Kier alpha value is -1.33. The molecule has 0 radical (unpaired) electrons. The van der Waals surface area contributed by atoms with Gasteiger partial charge in [-0.1, -0.05) is 0 Å². The van der Waals surface area contributed by atoms with Gasteiger partial charge in [0.2, 0.25) is 11.5 Å². The number of aromatic hydroxyl groups is 3. The van der Waals surface area contributed by atoms with Crippen LogP contribution in [0.2, 0.25) is 0 Å². The molecule has 0 aliphatic rings. The summed E-state index contributed by atoms with van der Waals surface area (Å²) in [7, 11) is -6.22. The van der Waals surface area contributed by atoms with Gasteiger partial charge in [0.05, 0.1) is 0 Å². The molecule has 0 heterocycles. The lowest BCUT2D eigenvalue weighted by Gasteiger charge is -2.08. The SMILES string of the molecule is C[S+](C)c1ccc(O)c(O)c1O.O=S(=O)([O-])C(F)(F)F. The lowest BCUT2D eigenvalue weighted by Crippen LogP contribution is -2.21. The van der Waals surface area contributed by atoms with Gasteiger partial charge in [-0.2, -0.15) is 13.2 Å². The second kappa shape index (κ2) is 6.41. The molecule has 0 atom stereocenters. The van der Waals surface area contributed by atoms with Crippen LogP contribution in [-0.2, 0) is 21.0 Å². The van der Waals surface area contributed by atoms with E-state index in [2.05, 4.69) is 0 Å². The van der Waals surface area contributed by atoms with E-state index < -0.39 is 21.4 Å². The standard InChI is InChI=1S/C8H10O3S.CHF3O3S/c1-12(2)6-4-3-5(9)7(10)8(6)11;2-1(3,4)8(5,6)7/h3-4H,1-2H3,(H2-,9,10,11);(H,5,6,7). The van der Waals surface area contributed by atoms with Crippen LogP contribution in [-0.4, -0.2) is 46.3 Å². The van der Waals surface area contributed by atoms with Crippen molar-refractivity contribution in [3.63, 3.8) is 0 Å². The van der Waals surface area contributed by atoms with Gasteiger partial charge in [0.25, 0.3) is 0 Å². The quantitative estimate of drug-likeness (QED) is 0.306. The van der Waals surface area contributed by atoms with Crippen molar-refractivity contribution in [1.29, 1.82) is 0 Å². The van der Waals surface area contributed by atoms with Gasteiger partial charge in [0.1, 0.15) is 12.5 Å². The number of phenols is 3. The second-order valence-corrected chi connectivity index (χ2v) is 6.94. The fourth-order valence-electron chi connectivity index (χ4n) is 0.880. The molecule has 0 unspecified atom stereocenters. The predicted molar refractivity (Wildman–Crippen MR) is 64.7 cm³/mol. The van der Waals surface area contributed by atoms with Gasteiger partial charge < -0.3 is 19.9 Å². The largest absolute Gasteiger partial charge is 0.741 e. The van der Waals surface area contributed by atoms with Crippen molar-refractivity contribution in [1.82, 2.24) is 0 Å². The molecule has 0 aliphatic carbocycles. The minimum Gasteiger partial charge on any atom is -0.741 e. The zero-order chi connectivity index (χ0) is 16.3. The van der Waals surface area contributed by atoms with E-state index in [0.29, 0.717) is 4.90 Å². The summed E-state index contributed by atoms with van der Waals surface area (Å²) in [4.78, 5) is 0.658. The summed E-state index contributed by atoms with van der Waals surface area (Å²) in [6.45, 7) is 0. The first-order valence-corrected chi connectivity index (χ1v) is 8.07. The number of halogens is 3.